The molecule has 0 aliphatic carbocycles. The van der Waals surface area contributed by atoms with Crippen LogP contribution >= 0.6 is 11.6 Å². The third kappa shape index (κ3) is 3.45. The predicted molar refractivity (Wildman–Crippen MR) is 76.0 cm³/mol. The Morgan fingerprint density at radius 1 is 1.30 bits per heavy atom. The van der Waals surface area contributed by atoms with Crippen molar-refractivity contribution in [3.05, 3.63) is 63.5 Å². The van der Waals surface area contributed by atoms with Crippen LogP contribution in [0.25, 0.3) is 0 Å². The summed E-state index contributed by atoms with van der Waals surface area (Å²) in [7, 11) is 0. The summed E-state index contributed by atoms with van der Waals surface area (Å²) in [4.78, 5) is 14.6. The van der Waals surface area contributed by atoms with Gasteiger partial charge in [0.05, 0.1) is 4.92 Å². The van der Waals surface area contributed by atoms with Gasteiger partial charge in [0.25, 0.3) is 0 Å². The number of hydrogen-bond acceptors (Lipinski definition) is 4. The lowest BCUT2D eigenvalue weighted by molar-refractivity contribution is -0.386. The lowest BCUT2D eigenvalue weighted by atomic mass is 10.2. The molecule has 20 heavy (non-hydrogen) atoms. The molecule has 0 saturated heterocycles. The van der Waals surface area contributed by atoms with Gasteiger partial charge in [-0.3, -0.25) is 15.1 Å². The largest absolute Gasteiger partial charge is 0.482 e. The lowest BCUT2D eigenvalue weighted by Gasteiger charge is -2.08. The van der Waals surface area contributed by atoms with Crippen molar-refractivity contribution in [3.63, 3.8) is 0 Å². The molecule has 6 heteroatoms. The third-order valence-corrected chi connectivity index (χ3v) is 3.01. The Hall–Kier alpha value is -2.14. The van der Waals surface area contributed by atoms with E-state index >= 15 is 0 Å². The van der Waals surface area contributed by atoms with Gasteiger partial charge in [0, 0.05) is 29.9 Å². The van der Waals surface area contributed by atoms with Crippen LogP contribution in [0, 0.1) is 17.0 Å². The van der Waals surface area contributed by atoms with Crippen LogP contribution < -0.4 is 4.74 Å². The van der Waals surface area contributed by atoms with Crippen LogP contribution in [0.4, 0.5) is 5.69 Å². The van der Waals surface area contributed by atoms with E-state index < -0.39 is 4.92 Å². The second kappa shape index (κ2) is 6.34. The minimum absolute atomic E-state index is 0.0798. The van der Waals surface area contributed by atoms with Gasteiger partial charge in [-0.25, -0.2) is 0 Å². The van der Waals surface area contributed by atoms with Crippen LogP contribution in [0.2, 0.25) is 0 Å². The van der Waals surface area contributed by atoms with Crippen molar-refractivity contribution < 1.29 is 9.66 Å². The lowest BCUT2D eigenvalue weighted by Crippen LogP contribution is -2.00. The Labute approximate surface area is 121 Å². The zero-order valence-corrected chi connectivity index (χ0v) is 11.6. The van der Waals surface area contributed by atoms with Gasteiger partial charge in [-0.15, -0.1) is 11.6 Å². The molecule has 0 atom stereocenters. The normalized spacial score (nSPS) is 10.3. The van der Waals surface area contributed by atoms with Gasteiger partial charge in [-0.2, -0.15) is 0 Å². The van der Waals surface area contributed by atoms with Crippen molar-refractivity contribution in [3.8, 4) is 5.75 Å². The van der Waals surface area contributed by atoms with Crippen LogP contribution in [-0.4, -0.2) is 9.91 Å². The predicted octanol–water partition coefficient (Wildman–Crippen LogP) is 3.62. The minimum atomic E-state index is -0.472. The van der Waals surface area contributed by atoms with Gasteiger partial charge in [-0.1, -0.05) is 6.07 Å². The number of nitro groups is 1. The SMILES string of the molecule is Cc1cncc(COc2ccc(CCl)cc2[N+](=O)[O-])c1. The van der Waals surface area contributed by atoms with E-state index in [4.69, 9.17) is 16.3 Å². The van der Waals surface area contributed by atoms with Crippen LogP contribution in [0.1, 0.15) is 16.7 Å². The monoisotopic (exact) mass is 292 g/mol. The molecule has 104 valence electrons. The van der Waals surface area contributed by atoms with Gasteiger partial charge >= 0.3 is 5.69 Å². The Bertz CT molecular complexity index is 632. The second-order valence-corrected chi connectivity index (χ2v) is 4.62. The molecule has 0 unspecified atom stereocenters. The van der Waals surface area contributed by atoms with Gasteiger partial charge in [0.15, 0.2) is 5.75 Å². The molecule has 5 nitrogen and oxygen atoms in total. The molecule has 2 aromatic rings. The fourth-order valence-electron chi connectivity index (χ4n) is 1.77. The number of pyridine rings is 1. The van der Waals surface area contributed by atoms with Crippen LogP contribution in [0.15, 0.2) is 36.7 Å². The number of nitro benzene ring substituents is 1. The number of ether oxygens (including phenoxy) is 1. The standard InChI is InChI=1S/C14H13ClN2O3/c1-10-4-12(8-16-7-10)9-20-14-3-2-11(6-15)5-13(14)17(18)19/h2-5,7-8H,6,9H2,1H3. The Morgan fingerprint density at radius 2 is 2.10 bits per heavy atom. The maximum absolute atomic E-state index is 11.0. The van der Waals surface area contributed by atoms with Gasteiger partial charge in [-0.05, 0) is 30.2 Å². The molecule has 0 spiro atoms. The maximum atomic E-state index is 11.0. The van der Waals surface area contributed by atoms with E-state index in [-0.39, 0.29) is 23.9 Å². The fraction of sp³-hybridized carbons (Fsp3) is 0.214. The summed E-state index contributed by atoms with van der Waals surface area (Å²) in [6, 6.07) is 6.63. The molecule has 1 aromatic carbocycles. The van der Waals surface area contributed by atoms with Crippen molar-refractivity contribution in [2.24, 2.45) is 0 Å². The summed E-state index contributed by atoms with van der Waals surface area (Å²) in [5, 5.41) is 11.0. The summed E-state index contributed by atoms with van der Waals surface area (Å²) >= 11 is 5.67. The van der Waals surface area contributed by atoms with E-state index in [1.807, 2.05) is 13.0 Å². The first kappa shape index (κ1) is 14.3. The zero-order valence-electron chi connectivity index (χ0n) is 10.9. The number of hydrogen-bond donors (Lipinski definition) is 0. The highest BCUT2D eigenvalue weighted by molar-refractivity contribution is 6.17. The van der Waals surface area contributed by atoms with Crippen molar-refractivity contribution in [1.82, 2.24) is 4.98 Å². The number of nitrogens with zero attached hydrogens (tertiary/aromatic N) is 2. The van der Waals surface area contributed by atoms with Crippen LogP contribution in [0.3, 0.4) is 0 Å². The molecule has 0 fully saturated rings. The summed E-state index contributed by atoms with van der Waals surface area (Å²) < 4.78 is 5.51. The smallest absolute Gasteiger partial charge is 0.311 e. The van der Waals surface area contributed by atoms with Crippen molar-refractivity contribution in [2.45, 2.75) is 19.4 Å². The van der Waals surface area contributed by atoms with Crippen molar-refractivity contribution in [2.75, 3.05) is 0 Å². The average molecular weight is 293 g/mol. The van der Waals surface area contributed by atoms with Gasteiger partial charge in [0.2, 0.25) is 0 Å². The summed E-state index contributed by atoms with van der Waals surface area (Å²) in [6.45, 7) is 2.16. The highest BCUT2D eigenvalue weighted by Gasteiger charge is 2.16. The van der Waals surface area contributed by atoms with Gasteiger partial charge < -0.3 is 4.74 Å². The number of aryl methyl sites for hydroxylation is 1. The topological polar surface area (TPSA) is 65.3 Å². The number of aromatic nitrogens is 1. The van der Waals surface area contributed by atoms with E-state index in [9.17, 15) is 10.1 Å². The molecule has 0 N–H and O–H groups in total. The number of alkyl halides is 1. The van der Waals surface area contributed by atoms with Crippen LogP contribution in [0.5, 0.6) is 5.75 Å². The van der Waals surface area contributed by atoms with Crippen LogP contribution in [-0.2, 0) is 12.5 Å². The molecule has 0 saturated carbocycles. The molecule has 0 bridgehead atoms. The third-order valence-electron chi connectivity index (χ3n) is 2.70. The molecular weight excluding hydrogens is 280 g/mol. The Morgan fingerprint density at radius 3 is 2.75 bits per heavy atom. The second-order valence-electron chi connectivity index (χ2n) is 4.35. The van der Waals surface area contributed by atoms with Gasteiger partial charge in [0.1, 0.15) is 6.61 Å². The molecule has 0 aliphatic heterocycles. The average Bonchev–Trinajstić information content (AvgIpc) is 2.45. The van der Waals surface area contributed by atoms with Crippen molar-refractivity contribution >= 4 is 17.3 Å². The summed E-state index contributed by atoms with van der Waals surface area (Å²) in [6.07, 6.45) is 3.41. The molecule has 1 heterocycles. The molecule has 1 aromatic heterocycles. The number of halogens is 1. The maximum Gasteiger partial charge on any atom is 0.311 e. The first-order valence-corrected chi connectivity index (χ1v) is 6.50. The summed E-state index contributed by atoms with van der Waals surface area (Å²) in [5.74, 6) is 0.452. The van der Waals surface area contributed by atoms with E-state index in [0.29, 0.717) is 5.56 Å². The first-order chi connectivity index (χ1) is 9.60. The van der Waals surface area contributed by atoms with Crippen molar-refractivity contribution in [1.29, 1.82) is 0 Å². The zero-order chi connectivity index (χ0) is 14.5. The highest BCUT2D eigenvalue weighted by Crippen LogP contribution is 2.29. The Balaban J connectivity index is 2.18. The molecular formula is C14H13ClN2O3. The van der Waals surface area contributed by atoms with E-state index in [1.54, 1.807) is 24.5 Å². The summed E-state index contributed by atoms with van der Waals surface area (Å²) in [5.41, 5.74) is 2.48. The molecule has 0 amide bonds. The Kier molecular flexibility index (Phi) is 4.53. The number of benzene rings is 1. The minimum Gasteiger partial charge on any atom is -0.482 e. The fourth-order valence-corrected chi connectivity index (χ4v) is 1.93. The first-order valence-electron chi connectivity index (χ1n) is 5.97. The molecule has 0 radical (unpaired) electrons. The quantitative estimate of drug-likeness (QED) is 0.479. The number of rotatable bonds is 5. The molecule has 2 rings (SSSR count). The van der Waals surface area contributed by atoms with E-state index in [0.717, 1.165) is 11.1 Å². The molecule has 0 aliphatic rings. The highest BCUT2D eigenvalue weighted by atomic mass is 35.5. The van der Waals surface area contributed by atoms with E-state index in [1.165, 1.54) is 6.07 Å². The van der Waals surface area contributed by atoms with E-state index in [2.05, 4.69) is 4.98 Å².